The second-order valence-corrected chi connectivity index (χ2v) is 14.1. The molecule has 0 N–H and O–H groups in total. The molecule has 10 aromatic rings. The molecule has 4 heteroatoms. The standard InChI is InChI=1S/C53H34N4/c54-35-47-51(39-22-12-4-13-23-39)55-53(56-52(47)40-24-14-5-15-25-40)46-34-43(38-20-10-3-11-21-38)28-31-50(46)57-48-29-26-41(36-16-6-1-7-17-36)32-44(48)45-33-42(27-30-49(45)57)37-18-8-2-9-19-37/h1-34H. The average molecular weight is 727 g/mol. The number of benzene rings is 8. The van der Waals surface area contributed by atoms with Gasteiger partial charge in [0.15, 0.2) is 5.82 Å². The molecule has 4 nitrogen and oxygen atoms in total. The molecule has 0 aliphatic rings. The van der Waals surface area contributed by atoms with Gasteiger partial charge in [0.1, 0.15) is 11.6 Å². The summed E-state index contributed by atoms with van der Waals surface area (Å²) in [5, 5.41) is 13.0. The van der Waals surface area contributed by atoms with E-state index in [1.807, 2.05) is 66.7 Å². The fourth-order valence-electron chi connectivity index (χ4n) is 7.92. The van der Waals surface area contributed by atoms with Gasteiger partial charge in [-0.25, -0.2) is 9.97 Å². The highest BCUT2D eigenvalue weighted by Crippen LogP contribution is 2.41. The van der Waals surface area contributed by atoms with Crippen LogP contribution in [0.2, 0.25) is 0 Å². The van der Waals surface area contributed by atoms with Gasteiger partial charge in [-0.3, -0.25) is 0 Å². The Hall–Kier alpha value is -7.87. The summed E-state index contributed by atoms with van der Waals surface area (Å²) in [5.41, 5.74) is 14.1. The van der Waals surface area contributed by atoms with Crippen molar-refractivity contribution in [1.82, 2.24) is 14.5 Å². The molecule has 10 rings (SSSR count). The monoisotopic (exact) mass is 726 g/mol. The van der Waals surface area contributed by atoms with Crippen LogP contribution >= 0.6 is 0 Å². The fourth-order valence-corrected chi connectivity index (χ4v) is 7.92. The molecular weight excluding hydrogens is 693 g/mol. The van der Waals surface area contributed by atoms with Gasteiger partial charge >= 0.3 is 0 Å². The number of nitriles is 1. The predicted molar refractivity (Wildman–Crippen MR) is 234 cm³/mol. The van der Waals surface area contributed by atoms with Gasteiger partial charge in [-0.05, 0) is 69.8 Å². The van der Waals surface area contributed by atoms with Crippen molar-refractivity contribution >= 4 is 21.8 Å². The van der Waals surface area contributed by atoms with Crippen molar-refractivity contribution in [2.75, 3.05) is 0 Å². The minimum atomic E-state index is 0.440. The normalized spacial score (nSPS) is 11.1. The molecule has 0 aliphatic heterocycles. The van der Waals surface area contributed by atoms with Crippen LogP contribution in [0.25, 0.3) is 94.8 Å². The highest BCUT2D eigenvalue weighted by atomic mass is 15.0. The van der Waals surface area contributed by atoms with Crippen molar-refractivity contribution in [3.8, 4) is 79.0 Å². The Balaban J connectivity index is 1.29. The van der Waals surface area contributed by atoms with E-state index in [4.69, 9.17) is 9.97 Å². The number of aromatic nitrogens is 3. The van der Waals surface area contributed by atoms with Crippen molar-refractivity contribution in [2.45, 2.75) is 0 Å². The highest BCUT2D eigenvalue weighted by Gasteiger charge is 2.23. The zero-order chi connectivity index (χ0) is 38.1. The molecule has 0 saturated carbocycles. The molecule has 0 aliphatic carbocycles. The number of fused-ring (bicyclic) bond motifs is 3. The summed E-state index contributed by atoms with van der Waals surface area (Å²) in [4.78, 5) is 10.6. The van der Waals surface area contributed by atoms with Gasteiger partial charge in [0, 0.05) is 27.5 Å². The van der Waals surface area contributed by atoms with E-state index < -0.39 is 0 Å². The zero-order valence-corrected chi connectivity index (χ0v) is 30.9. The van der Waals surface area contributed by atoms with Crippen LogP contribution in [0.5, 0.6) is 0 Å². The van der Waals surface area contributed by atoms with Crippen molar-refractivity contribution < 1.29 is 0 Å². The summed E-state index contributed by atoms with van der Waals surface area (Å²) < 4.78 is 2.35. The second kappa shape index (κ2) is 14.4. The Bertz CT molecular complexity index is 2940. The van der Waals surface area contributed by atoms with Crippen LogP contribution < -0.4 is 0 Å². The molecule has 0 amide bonds. The Labute approximate surface area is 331 Å². The smallest absolute Gasteiger partial charge is 0.162 e. The van der Waals surface area contributed by atoms with E-state index in [0.717, 1.165) is 66.4 Å². The summed E-state index contributed by atoms with van der Waals surface area (Å²) in [7, 11) is 0. The minimum Gasteiger partial charge on any atom is -0.308 e. The first-order valence-electron chi connectivity index (χ1n) is 19.1. The van der Waals surface area contributed by atoms with Crippen molar-refractivity contribution in [2.24, 2.45) is 0 Å². The van der Waals surface area contributed by atoms with Gasteiger partial charge in [-0.2, -0.15) is 5.26 Å². The van der Waals surface area contributed by atoms with E-state index >= 15 is 0 Å². The zero-order valence-electron chi connectivity index (χ0n) is 30.9. The molecule has 0 saturated heterocycles. The van der Waals surface area contributed by atoms with Gasteiger partial charge < -0.3 is 4.57 Å². The summed E-state index contributed by atoms with van der Waals surface area (Å²) in [6.45, 7) is 0. The lowest BCUT2D eigenvalue weighted by Gasteiger charge is -2.17. The molecule has 2 aromatic heterocycles. The van der Waals surface area contributed by atoms with Gasteiger partial charge in [0.25, 0.3) is 0 Å². The van der Waals surface area contributed by atoms with Gasteiger partial charge in [0.05, 0.1) is 28.1 Å². The predicted octanol–water partition coefficient (Wildman–Crippen LogP) is 13.4. The third-order valence-corrected chi connectivity index (χ3v) is 10.7. The molecule has 0 unspecified atom stereocenters. The first-order valence-corrected chi connectivity index (χ1v) is 19.1. The Kier molecular flexibility index (Phi) is 8.52. The molecule has 57 heavy (non-hydrogen) atoms. The van der Waals surface area contributed by atoms with Crippen LogP contribution in [-0.4, -0.2) is 14.5 Å². The first kappa shape index (κ1) is 33.7. The fraction of sp³-hybridized carbons (Fsp3) is 0. The lowest BCUT2D eigenvalue weighted by atomic mass is 9.98. The number of rotatable bonds is 7. The molecule has 2 heterocycles. The summed E-state index contributed by atoms with van der Waals surface area (Å²) in [6.07, 6.45) is 0. The van der Waals surface area contributed by atoms with Crippen LogP contribution in [0.1, 0.15) is 5.56 Å². The van der Waals surface area contributed by atoms with E-state index in [1.165, 1.54) is 11.1 Å². The lowest BCUT2D eigenvalue weighted by Crippen LogP contribution is -2.04. The topological polar surface area (TPSA) is 54.5 Å². The molecule has 0 spiro atoms. The third-order valence-electron chi connectivity index (χ3n) is 10.7. The maximum Gasteiger partial charge on any atom is 0.162 e. The summed E-state index contributed by atoms with van der Waals surface area (Å²) >= 11 is 0. The van der Waals surface area contributed by atoms with E-state index in [2.05, 4.69) is 150 Å². The van der Waals surface area contributed by atoms with Crippen molar-refractivity contribution in [3.63, 3.8) is 0 Å². The van der Waals surface area contributed by atoms with Gasteiger partial charge in [0.2, 0.25) is 0 Å². The van der Waals surface area contributed by atoms with E-state index in [9.17, 15) is 5.26 Å². The molecule has 0 bridgehead atoms. The first-order chi connectivity index (χ1) is 28.2. The van der Waals surface area contributed by atoms with Crippen LogP contribution in [0, 0.1) is 11.3 Å². The van der Waals surface area contributed by atoms with E-state index in [0.29, 0.717) is 22.8 Å². The average Bonchev–Trinajstić information content (AvgIpc) is 3.62. The maximum atomic E-state index is 10.7. The number of nitrogens with zero attached hydrogens (tertiary/aromatic N) is 4. The van der Waals surface area contributed by atoms with E-state index in [1.54, 1.807) is 0 Å². The molecule has 0 fully saturated rings. The number of hydrogen-bond acceptors (Lipinski definition) is 3. The molecule has 8 aromatic carbocycles. The van der Waals surface area contributed by atoms with Crippen LogP contribution in [0.4, 0.5) is 0 Å². The molecular formula is C53H34N4. The van der Waals surface area contributed by atoms with Crippen molar-refractivity contribution in [1.29, 1.82) is 5.26 Å². The minimum absolute atomic E-state index is 0.440. The van der Waals surface area contributed by atoms with Crippen LogP contribution in [0.15, 0.2) is 206 Å². The summed E-state index contributed by atoms with van der Waals surface area (Å²) in [6, 6.07) is 74.0. The number of hydrogen-bond donors (Lipinski definition) is 0. The lowest BCUT2D eigenvalue weighted by molar-refractivity contribution is 1.13. The molecule has 266 valence electrons. The van der Waals surface area contributed by atoms with E-state index in [-0.39, 0.29) is 0 Å². The molecule has 0 atom stereocenters. The third kappa shape index (κ3) is 6.14. The second-order valence-electron chi connectivity index (χ2n) is 14.1. The molecule has 0 radical (unpaired) electrons. The van der Waals surface area contributed by atoms with Gasteiger partial charge in [-0.15, -0.1) is 0 Å². The SMILES string of the molecule is N#Cc1c(-c2ccccc2)nc(-c2cc(-c3ccccc3)ccc2-n2c3ccc(-c4ccccc4)cc3c3cc(-c4ccccc4)ccc32)nc1-c1ccccc1. The van der Waals surface area contributed by atoms with Crippen LogP contribution in [-0.2, 0) is 0 Å². The highest BCUT2D eigenvalue weighted by molar-refractivity contribution is 6.12. The Morgan fingerprint density at radius 3 is 1.14 bits per heavy atom. The Morgan fingerprint density at radius 1 is 0.368 bits per heavy atom. The largest absolute Gasteiger partial charge is 0.308 e. The van der Waals surface area contributed by atoms with Crippen molar-refractivity contribution in [3.05, 3.63) is 212 Å². The van der Waals surface area contributed by atoms with Gasteiger partial charge in [-0.1, -0.05) is 170 Å². The summed E-state index contributed by atoms with van der Waals surface area (Å²) in [5.74, 6) is 0.538. The quantitative estimate of drug-likeness (QED) is 0.164. The Morgan fingerprint density at radius 2 is 0.737 bits per heavy atom. The maximum absolute atomic E-state index is 10.7. The van der Waals surface area contributed by atoms with Crippen LogP contribution in [0.3, 0.4) is 0 Å².